The third-order valence-electron chi connectivity index (χ3n) is 5.09. The quantitative estimate of drug-likeness (QED) is 0.545. The molecule has 1 aromatic heterocycles. The standard InChI is InChI=1S/C24H26N2OS/c1-19-9-8-14-25-24(19)28-23(21-12-6-3-7-13-21)22-18-26(15-16-27-22)17-20-10-4-2-5-11-20/h2-14,22-23H,15-18H2,1H3. The minimum absolute atomic E-state index is 0.131. The van der Waals surface area contributed by atoms with Crippen molar-refractivity contribution in [3.63, 3.8) is 0 Å². The maximum atomic E-state index is 6.28. The van der Waals surface area contributed by atoms with Gasteiger partial charge in [0.2, 0.25) is 0 Å². The van der Waals surface area contributed by atoms with E-state index in [0.717, 1.165) is 31.3 Å². The molecule has 28 heavy (non-hydrogen) atoms. The summed E-state index contributed by atoms with van der Waals surface area (Å²) in [5.74, 6) is 0. The van der Waals surface area contributed by atoms with Gasteiger partial charge < -0.3 is 4.74 Å². The van der Waals surface area contributed by atoms with Gasteiger partial charge in [-0.15, -0.1) is 0 Å². The molecule has 4 rings (SSSR count). The maximum Gasteiger partial charge on any atom is 0.0995 e. The highest BCUT2D eigenvalue weighted by Gasteiger charge is 2.30. The van der Waals surface area contributed by atoms with E-state index in [1.807, 2.05) is 24.0 Å². The number of nitrogens with zero attached hydrogens (tertiary/aromatic N) is 2. The van der Waals surface area contributed by atoms with Crippen molar-refractivity contribution < 1.29 is 4.74 Å². The van der Waals surface area contributed by atoms with E-state index in [1.165, 1.54) is 16.7 Å². The molecule has 0 amide bonds. The molecule has 0 spiro atoms. The van der Waals surface area contributed by atoms with Gasteiger partial charge in [0.1, 0.15) is 0 Å². The Labute approximate surface area is 171 Å². The zero-order chi connectivity index (χ0) is 19.2. The van der Waals surface area contributed by atoms with Gasteiger partial charge >= 0.3 is 0 Å². The molecule has 0 saturated carbocycles. The fourth-order valence-electron chi connectivity index (χ4n) is 3.62. The molecule has 0 bridgehead atoms. The summed E-state index contributed by atoms with van der Waals surface area (Å²) in [5.41, 5.74) is 3.86. The average molecular weight is 391 g/mol. The van der Waals surface area contributed by atoms with E-state index < -0.39 is 0 Å². The van der Waals surface area contributed by atoms with E-state index in [4.69, 9.17) is 4.74 Å². The second-order valence-electron chi connectivity index (χ2n) is 7.20. The van der Waals surface area contributed by atoms with Crippen LogP contribution in [0.15, 0.2) is 84.0 Å². The van der Waals surface area contributed by atoms with Crippen LogP contribution >= 0.6 is 11.8 Å². The third kappa shape index (κ3) is 4.82. The second-order valence-corrected chi connectivity index (χ2v) is 8.33. The van der Waals surface area contributed by atoms with Crippen molar-refractivity contribution >= 4 is 11.8 Å². The smallest absolute Gasteiger partial charge is 0.0995 e. The number of hydrogen-bond donors (Lipinski definition) is 0. The summed E-state index contributed by atoms with van der Waals surface area (Å²) in [6, 6.07) is 25.5. The molecule has 2 aromatic carbocycles. The lowest BCUT2D eigenvalue weighted by molar-refractivity contribution is -0.0320. The molecule has 1 aliphatic rings. The van der Waals surface area contributed by atoms with Gasteiger partial charge in [0.05, 0.1) is 23.0 Å². The lowest BCUT2D eigenvalue weighted by Crippen LogP contribution is -2.44. The highest BCUT2D eigenvalue weighted by Crippen LogP contribution is 2.40. The molecule has 0 radical (unpaired) electrons. The summed E-state index contributed by atoms with van der Waals surface area (Å²) in [4.78, 5) is 7.12. The highest BCUT2D eigenvalue weighted by atomic mass is 32.2. The Morgan fingerprint density at radius 2 is 1.79 bits per heavy atom. The van der Waals surface area contributed by atoms with Gasteiger partial charge in [0, 0.05) is 25.8 Å². The van der Waals surface area contributed by atoms with Crippen molar-refractivity contribution in [1.82, 2.24) is 9.88 Å². The first-order valence-corrected chi connectivity index (χ1v) is 10.7. The molecule has 3 aromatic rings. The number of pyridine rings is 1. The van der Waals surface area contributed by atoms with Crippen LogP contribution in [0.5, 0.6) is 0 Å². The summed E-state index contributed by atoms with van der Waals surface area (Å²) in [5, 5.41) is 1.30. The van der Waals surface area contributed by atoms with Crippen LogP contribution in [0.3, 0.4) is 0 Å². The van der Waals surface area contributed by atoms with Crippen LogP contribution in [0.2, 0.25) is 0 Å². The number of rotatable bonds is 6. The molecule has 4 heteroatoms. The van der Waals surface area contributed by atoms with E-state index in [0.29, 0.717) is 0 Å². The largest absolute Gasteiger partial charge is 0.374 e. The summed E-state index contributed by atoms with van der Waals surface area (Å²) in [6.07, 6.45) is 2.01. The molecule has 2 heterocycles. The first-order valence-electron chi connectivity index (χ1n) is 9.81. The number of aromatic nitrogens is 1. The Morgan fingerprint density at radius 3 is 2.54 bits per heavy atom. The highest BCUT2D eigenvalue weighted by molar-refractivity contribution is 7.99. The predicted octanol–water partition coefficient (Wildman–Crippen LogP) is 5.12. The number of ether oxygens (including phenoxy) is 1. The van der Waals surface area contributed by atoms with Crippen LogP contribution in [-0.4, -0.2) is 35.7 Å². The van der Waals surface area contributed by atoms with Gasteiger partial charge in [0.15, 0.2) is 0 Å². The molecule has 0 N–H and O–H groups in total. The third-order valence-corrected chi connectivity index (χ3v) is 6.57. The van der Waals surface area contributed by atoms with Gasteiger partial charge in [-0.05, 0) is 29.7 Å². The van der Waals surface area contributed by atoms with Crippen molar-refractivity contribution in [1.29, 1.82) is 0 Å². The molecule has 2 atom stereocenters. The number of morpholine rings is 1. The molecule has 1 fully saturated rings. The summed E-state index contributed by atoms with van der Waals surface area (Å²) in [6.45, 7) is 5.76. The van der Waals surface area contributed by atoms with Crippen LogP contribution in [-0.2, 0) is 11.3 Å². The van der Waals surface area contributed by atoms with Gasteiger partial charge in [-0.25, -0.2) is 4.98 Å². The number of aryl methyl sites for hydroxylation is 1. The summed E-state index contributed by atoms with van der Waals surface area (Å²) >= 11 is 1.82. The van der Waals surface area contributed by atoms with Crippen molar-refractivity contribution in [3.05, 3.63) is 95.7 Å². The first kappa shape index (κ1) is 19.2. The molecule has 3 nitrogen and oxygen atoms in total. The Bertz CT molecular complexity index is 872. The Balaban J connectivity index is 1.54. The molecular formula is C24H26N2OS. The average Bonchev–Trinajstić information content (AvgIpc) is 2.75. The normalized spacial score (nSPS) is 18.7. The maximum absolute atomic E-state index is 6.28. The second kappa shape index (κ2) is 9.37. The van der Waals surface area contributed by atoms with Crippen molar-refractivity contribution in [3.8, 4) is 0 Å². The van der Waals surface area contributed by atoms with Gasteiger partial charge in [-0.1, -0.05) is 78.5 Å². The van der Waals surface area contributed by atoms with Crippen LogP contribution in [0, 0.1) is 6.92 Å². The zero-order valence-electron chi connectivity index (χ0n) is 16.2. The minimum atomic E-state index is 0.131. The van der Waals surface area contributed by atoms with Crippen molar-refractivity contribution in [2.24, 2.45) is 0 Å². The number of thioether (sulfide) groups is 1. The predicted molar refractivity (Wildman–Crippen MR) is 115 cm³/mol. The molecule has 1 saturated heterocycles. The van der Waals surface area contributed by atoms with E-state index in [2.05, 4.69) is 83.5 Å². The molecule has 2 unspecified atom stereocenters. The molecule has 144 valence electrons. The Kier molecular flexibility index (Phi) is 6.42. The Hall–Kier alpha value is -2.14. The van der Waals surface area contributed by atoms with E-state index in [1.54, 1.807) is 0 Å². The number of hydrogen-bond acceptors (Lipinski definition) is 4. The fourth-order valence-corrected chi connectivity index (χ4v) is 4.84. The zero-order valence-corrected chi connectivity index (χ0v) is 17.0. The number of benzene rings is 2. The van der Waals surface area contributed by atoms with Crippen LogP contribution in [0.4, 0.5) is 0 Å². The van der Waals surface area contributed by atoms with E-state index in [9.17, 15) is 0 Å². The van der Waals surface area contributed by atoms with E-state index >= 15 is 0 Å². The first-order chi connectivity index (χ1) is 13.8. The van der Waals surface area contributed by atoms with Crippen LogP contribution in [0.25, 0.3) is 0 Å². The van der Waals surface area contributed by atoms with Crippen molar-refractivity contribution in [2.45, 2.75) is 29.8 Å². The monoisotopic (exact) mass is 390 g/mol. The van der Waals surface area contributed by atoms with E-state index in [-0.39, 0.29) is 11.4 Å². The van der Waals surface area contributed by atoms with Crippen LogP contribution < -0.4 is 0 Å². The lowest BCUT2D eigenvalue weighted by Gasteiger charge is -2.37. The van der Waals surface area contributed by atoms with Gasteiger partial charge in [-0.3, -0.25) is 4.90 Å². The summed E-state index contributed by atoms with van der Waals surface area (Å²) < 4.78 is 6.28. The van der Waals surface area contributed by atoms with Crippen LogP contribution in [0.1, 0.15) is 21.9 Å². The SMILES string of the molecule is Cc1cccnc1SC(c1ccccc1)C1CN(Cc2ccccc2)CCO1. The lowest BCUT2D eigenvalue weighted by atomic mass is 10.1. The van der Waals surface area contributed by atoms with Gasteiger partial charge in [-0.2, -0.15) is 0 Å². The molecule has 0 aliphatic carbocycles. The van der Waals surface area contributed by atoms with Gasteiger partial charge in [0.25, 0.3) is 0 Å². The molecular weight excluding hydrogens is 364 g/mol. The fraction of sp³-hybridized carbons (Fsp3) is 0.292. The minimum Gasteiger partial charge on any atom is -0.374 e. The summed E-state index contributed by atoms with van der Waals surface area (Å²) in [7, 11) is 0. The van der Waals surface area contributed by atoms with Crippen molar-refractivity contribution in [2.75, 3.05) is 19.7 Å². The topological polar surface area (TPSA) is 25.4 Å². The molecule has 1 aliphatic heterocycles. The Morgan fingerprint density at radius 1 is 1.04 bits per heavy atom.